The molecular weight excluding hydrogens is 270 g/mol. The van der Waals surface area contributed by atoms with E-state index >= 15 is 0 Å². The second-order valence-electron chi connectivity index (χ2n) is 3.78. The molecule has 0 bridgehead atoms. The van der Waals surface area contributed by atoms with Crippen LogP contribution in [0.3, 0.4) is 0 Å². The van der Waals surface area contributed by atoms with Crippen molar-refractivity contribution in [3.63, 3.8) is 0 Å². The molecule has 1 N–H and O–H groups in total. The van der Waals surface area contributed by atoms with Crippen LogP contribution in [0.1, 0.15) is 6.92 Å². The molecule has 0 atom stereocenters. The number of hydrogen-bond donors (Lipinski definition) is 1. The number of fused-ring (bicyclic) bond motifs is 1. The molecule has 3 rings (SSSR count). The van der Waals surface area contributed by atoms with Crippen molar-refractivity contribution in [2.45, 2.75) is 6.92 Å². The summed E-state index contributed by atoms with van der Waals surface area (Å²) in [5, 5.41) is 4.82. The van der Waals surface area contributed by atoms with Crippen molar-refractivity contribution in [2.75, 3.05) is 11.9 Å². The Kier molecular flexibility index (Phi) is 2.93. The summed E-state index contributed by atoms with van der Waals surface area (Å²) in [6, 6.07) is 7.46. The molecule has 0 saturated carbocycles. The van der Waals surface area contributed by atoms with Crippen LogP contribution in [-0.4, -0.2) is 15.3 Å². The van der Waals surface area contributed by atoms with Gasteiger partial charge in [0.2, 0.25) is 0 Å². The molecule has 0 aliphatic heterocycles. The molecule has 0 radical (unpaired) electrons. The van der Waals surface area contributed by atoms with Gasteiger partial charge in [-0.2, -0.15) is 8.75 Å². The van der Waals surface area contributed by atoms with Gasteiger partial charge in [0, 0.05) is 17.0 Å². The lowest BCUT2D eigenvalue weighted by Crippen LogP contribution is -1.97. The highest BCUT2D eigenvalue weighted by Gasteiger charge is 2.14. The Hall–Kier alpha value is -1.59. The number of furan rings is 1. The van der Waals surface area contributed by atoms with Crippen LogP contribution in [0, 0.1) is 0 Å². The van der Waals surface area contributed by atoms with E-state index in [1.54, 1.807) is 0 Å². The summed E-state index contributed by atoms with van der Waals surface area (Å²) in [5.41, 5.74) is 1.54. The van der Waals surface area contributed by atoms with E-state index in [0.717, 1.165) is 29.0 Å². The quantitative estimate of drug-likeness (QED) is 0.786. The minimum absolute atomic E-state index is 0.693. The van der Waals surface area contributed by atoms with E-state index in [4.69, 9.17) is 16.0 Å². The van der Waals surface area contributed by atoms with Gasteiger partial charge in [0.05, 0.1) is 11.7 Å². The van der Waals surface area contributed by atoms with Gasteiger partial charge in [0.15, 0.2) is 17.3 Å². The third-order valence-corrected chi connectivity index (χ3v) is 3.31. The predicted octanol–water partition coefficient (Wildman–Crippen LogP) is 4.04. The largest absolute Gasteiger partial charge is 0.454 e. The van der Waals surface area contributed by atoms with Crippen molar-refractivity contribution in [1.29, 1.82) is 0 Å². The molecule has 3 aromatic rings. The van der Waals surface area contributed by atoms with Crippen LogP contribution in [0.4, 0.5) is 5.82 Å². The van der Waals surface area contributed by atoms with E-state index in [9.17, 15) is 0 Å². The highest BCUT2D eigenvalue weighted by molar-refractivity contribution is 6.99. The third-order valence-electron chi connectivity index (χ3n) is 2.54. The molecule has 0 spiro atoms. The average Bonchev–Trinajstić information content (AvgIpc) is 2.94. The zero-order chi connectivity index (χ0) is 12.5. The van der Waals surface area contributed by atoms with E-state index < -0.39 is 0 Å². The van der Waals surface area contributed by atoms with E-state index in [1.807, 2.05) is 31.2 Å². The van der Waals surface area contributed by atoms with Crippen LogP contribution in [0.2, 0.25) is 5.02 Å². The molecule has 0 amide bonds. The number of aromatic nitrogens is 2. The van der Waals surface area contributed by atoms with Crippen LogP contribution < -0.4 is 5.32 Å². The summed E-state index contributed by atoms with van der Waals surface area (Å²) in [6.07, 6.45) is 0. The molecular formula is C12H10ClN3OS. The average molecular weight is 280 g/mol. The summed E-state index contributed by atoms with van der Waals surface area (Å²) >= 11 is 7.12. The first-order valence-electron chi connectivity index (χ1n) is 5.54. The fourth-order valence-corrected chi connectivity index (χ4v) is 2.48. The molecule has 0 aliphatic rings. The molecule has 0 aliphatic carbocycles. The Morgan fingerprint density at radius 1 is 1.33 bits per heavy atom. The van der Waals surface area contributed by atoms with E-state index in [2.05, 4.69) is 14.1 Å². The van der Waals surface area contributed by atoms with Crippen molar-refractivity contribution < 1.29 is 4.42 Å². The van der Waals surface area contributed by atoms with Gasteiger partial charge in [-0.3, -0.25) is 0 Å². The summed E-state index contributed by atoms with van der Waals surface area (Å²) in [5.74, 6) is 1.46. The molecule has 18 heavy (non-hydrogen) atoms. The molecule has 0 unspecified atom stereocenters. The minimum atomic E-state index is 0.693. The Morgan fingerprint density at radius 3 is 3.06 bits per heavy atom. The number of nitrogens with zero attached hydrogens (tertiary/aromatic N) is 2. The van der Waals surface area contributed by atoms with Crippen molar-refractivity contribution >= 4 is 40.1 Å². The summed E-state index contributed by atoms with van der Waals surface area (Å²) in [6.45, 7) is 2.81. The zero-order valence-electron chi connectivity index (χ0n) is 9.61. The minimum Gasteiger partial charge on any atom is -0.454 e. The smallest absolute Gasteiger partial charge is 0.171 e. The standard InChI is InChI=1S/C12H10ClN3OS/c1-2-14-12-11(15-18-16-12)10-6-7-5-8(13)3-4-9(7)17-10/h3-6H,2H2,1H3,(H,14,16). The monoisotopic (exact) mass is 279 g/mol. The first kappa shape index (κ1) is 11.5. The Morgan fingerprint density at radius 2 is 2.22 bits per heavy atom. The molecule has 1 aromatic carbocycles. The van der Waals surface area contributed by atoms with Crippen molar-refractivity contribution in [3.8, 4) is 11.5 Å². The Labute approximate surface area is 113 Å². The van der Waals surface area contributed by atoms with Gasteiger partial charge in [-0.05, 0) is 31.2 Å². The number of halogens is 1. The highest BCUT2D eigenvalue weighted by Crippen LogP contribution is 2.32. The summed E-state index contributed by atoms with van der Waals surface area (Å²) < 4.78 is 14.2. The maximum Gasteiger partial charge on any atom is 0.171 e. The first-order valence-corrected chi connectivity index (χ1v) is 6.64. The van der Waals surface area contributed by atoms with E-state index in [-0.39, 0.29) is 0 Å². The lowest BCUT2D eigenvalue weighted by molar-refractivity contribution is 0.630. The zero-order valence-corrected chi connectivity index (χ0v) is 11.2. The first-order chi connectivity index (χ1) is 8.78. The van der Waals surface area contributed by atoms with Crippen LogP contribution in [-0.2, 0) is 0 Å². The SMILES string of the molecule is CCNc1nsnc1-c1cc2cc(Cl)ccc2o1. The van der Waals surface area contributed by atoms with Crippen molar-refractivity contribution in [2.24, 2.45) is 0 Å². The summed E-state index contributed by atoms with van der Waals surface area (Å²) in [4.78, 5) is 0. The van der Waals surface area contributed by atoms with Gasteiger partial charge in [-0.15, -0.1) is 0 Å². The number of hydrogen-bond acceptors (Lipinski definition) is 5. The Balaban J connectivity index is 2.10. The fourth-order valence-electron chi connectivity index (χ4n) is 1.76. The Bertz CT molecular complexity index is 692. The van der Waals surface area contributed by atoms with Gasteiger partial charge < -0.3 is 9.73 Å². The molecule has 0 fully saturated rings. The van der Waals surface area contributed by atoms with Crippen LogP contribution in [0.5, 0.6) is 0 Å². The van der Waals surface area contributed by atoms with Gasteiger partial charge in [-0.1, -0.05) is 11.6 Å². The summed E-state index contributed by atoms with van der Waals surface area (Å²) in [7, 11) is 0. The van der Waals surface area contributed by atoms with Crippen molar-refractivity contribution in [3.05, 3.63) is 29.3 Å². The molecule has 92 valence electrons. The normalized spacial score (nSPS) is 11.0. The highest BCUT2D eigenvalue weighted by atomic mass is 35.5. The predicted molar refractivity (Wildman–Crippen MR) is 74.3 cm³/mol. The molecule has 0 saturated heterocycles. The van der Waals surface area contributed by atoms with E-state index in [0.29, 0.717) is 10.8 Å². The van der Waals surface area contributed by atoms with Crippen LogP contribution >= 0.6 is 23.3 Å². The van der Waals surface area contributed by atoms with Gasteiger partial charge in [-0.25, -0.2) is 0 Å². The van der Waals surface area contributed by atoms with Crippen LogP contribution in [0.25, 0.3) is 22.4 Å². The molecule has 6 heteroatoms. The second kappa shape index (κ2) is 4.59. The van der Waals surface area contributed by atoms with Crippen LogP contribution in [0.15, 0.2) is 28.7 Å². The van der Waals surface area contributed by atoms with E-state index in [1.165, 1.54) is 11.7 Å². The van der Waals surface area contributed by atoms with Gasteiger partial charge in [0.25, 0.3) is 0 Å². The maximum atomic E-state index is 5.95. The third kappa shape index (κ3) is 1.95. The van der Waals surface area contributed by atoms with Gasteiger partial charge in [0.1, 0.15) is 5.58 Å². The molecule has 2 aromatic heterocycles. The number of nitrogens with one attached hydrogen (secondary N) is 1. The second-order valence-corrected chi connectivity index (χ2v) is 4.75. The van der Waals surface area contributed by atoms with Gasteiger partial charge >= 0.3 is 0 Å². The number of anilines is 1. The topological polar surface area (TPSA) is 51.0 Å². The molecule has 4 nitrogen and oxygen atoms in total. The number of benzene rings is 1. The number of rotatable bonds is 3. The lowest BCUT2D eigenvalue weighted by Gasteiger charge is -1.98. The van der Waals surface area contributed by atoms with Crippen molar-refractivity contribution in [1.82, 2.24) is 8.75 Å². The lowest BCUT2D eigenvalue weighted by atomic mass is 10.2. The molecule has 2 heterocycles. The maximum absolute atomic E-state index is 5.95. The fraction of sp³-hybridized carbons (Fsp3) is 0.167.